The molecule has 0 bridgehead atoms. The molecule has 0 amide bonds. The smallest absolute Gasteiger partial charge is 0.191 e. The Kier molecular flexibility index (Phi) is 10.1. The molecule has 0 aromatic carbocycles. The van der Waals surface area contributed by atoms with Crippen molar-refractivity contribution in [1.29, 1.82) is 0 Å². The zero-order chi connectivity index (χ0) is 17.8. The van der Waals surface area contributed by atoms with Crippen LogP contribution >= 0.6 is 0 Å². The SMILES string of the molecule is CCNC(=NCCC(OCC)C(C)C)NCCc1ccc(C)nc1. The van der Waals surface area contributed by atoms with E-state index in [-0.39, 0.29) is 6.10 Å². The number of hydrogen-bond donors (Lipinski definition) is 2. The van der Waals surface area contributed by atoms with Crippen LogP contribution in [0.1, 0.15) is 45.4 Å². The quantitative estimate of drug-likeness (QED) is 0.510. The van der Waals surface area contributed by atoms with Crippen molar-refractivity contribution in [2.75, 3.05) is 26.2 Å². The van der Waals surface area contributed by atoms with Gasteiger partial charge < -0.3 is 15.4 Å². The monoisotopic (exact) mass is 334 g/mol. The van der Waals surface area contributed by atoms with Gasteiger partial charge in [-0.1, -0.05) is 19.9 Å². The summed E-state index contributed by atoms with van der Waals surface area (Å²) in [6.45, 7) is 13.8. The van der Waals surface area contributed by atoms with E-state index in [2.05, 4.69) is 53.5 Å². The number of nitrogens with one attached hydrogen (secondary N) is 2. The Balaban J connectivity index is 2.42. The maximum Gasteiger partial charge on any atom is 0.191 e. The number of ether oxygens (including phenoxy) is 1. The fourth-order valence-corrected chi connectivity index (χ4v) is 2.44. The van der Waals surface area contributed by atoms with Crippen LogP contribution in [0.4, 0.5) is 0 Å². The van der Waals surface area contributed by atoms with Gasteiger partial charge in [-0.2, -0.15) is 0 Å². The summed E-state index contributed by atoms with van der Waals surface area (Å²) in [6.07, 6.45) is 4.10. The minimum Gasteiger partial charge on any atom is -0.378 e. The second-order valence-corrected chi connectivity index (χ2v) is 6.27. The minimum atomic E-state index is 0.278. The molecule has 1 aromatic rings. The molecular formula is C19H34N4O. The third kappa shape index (κ3) is 8.29. The maximum atomic E-state index is 5.78. The average Bonchev–Trinajstić information content (AvgIpc) is 2.55. The Hall–Kier alpha value is -1.62. The first-order chi connectivity index (χ1) is 11.6. The van der Waals surface area contributed by atoms with Gasteiger partial charge in [-0.3, -0.25) is 9.98 Å². The van der Waals surface area contributed by atoms with E-state index in [4.69, 9.17) is 4.74 Å². The van der Waals surface area contributed by atoms with Gasteiger partial charge in [0.15, 0.2) is 5.96 Å². The third-order valence-electron chi connectivity index (χ3n) is 3.83. The van der Waals surface area contributed by atoms with E-state index >= 15 is 0 Å². The lowest BCUT2D eigenvalue weighted by atomic mass is 10.0. The summed E-state index contributed by atoms with van der Waals surface area (Å²) >= 11 is 0. The van der Waals surface area contributed by atoms with Crippen LogP contribution in [0.25, 0.3) is 0 Å². The fourth-order valence-electron chi connectivity index (χ4n) is 2.44. The molecule has 5 heteroatoms. The van der Waals surface area contributed by atoms with Crippen LogP contribution < -0.4 is 10.6 Å². The molecule has 0 fully saturated rings. The normalized spacial score (nSPS) is 13.2. The lowest BCUT2D eigenvalue weighted by molar-refractivity contribution is 0.0266. The summed E-state index contributed by atoms with van der Waals surface area (Å²) in [5, 5.41) is 6.68. The van der Waals surface area contributed by atoms with Crippen molar-refractivity contribution in [2.24, 2.45) is 10.9 Å². The van der Waals surface area contributed by atoms with Crippen LogP contribution in [0.15, 0.2) is 23.3 Å². The predicted octanol–water partition coefficient (Wildman–Crippen LogP) is 2.94. The van der Waals surface area contributed by atoms with Gasteiger partial charge in [-0.15, -0.1) is 0 Å². The summed E-state index contributed by atoms with van der Waals surface area (Å²) in [6, 6.07) is 4.18. The van der Waals surface area contributed by atoms with E-state index < -0.39 is 0 Å². The van der Waals surface area contributed by atoms with Crippen LogP contribution in [0.3, 0.4) is 0 Å². The highest BCUT2D eigenvalue weighted by Crippen LogP contribution is 2.10. The van der Waals surface area contributed by atoms with Crippen molar-refractivity contribution in [3.05, 3.63) is 29.6 Å². The topological polar surface area (TPSA) is 58.5 Å². The van der Waals surface area contributed by atoms with Gasteiger partial charge in [0.05, 0.1) is 6.10 Å². The Morgan fingerprint density at radius 1 is 1.25 bits per heavy atom. The number of hydrogen-bond acceptors (Lipinski definition) is 3. The summed E-state index contributed by atoms with van der Waals surface area (Å²) < 4.78 is 5.78. The summed E-state index contributed by atoms with van der Waals surface area (Å²) in [5.41, 5.74) is 2.29. The Morgan fingerprint density at radius 2 is 2.04 bits per heavy atom. The number of rotatable bonds is 10. The Bertz CT molecular complexity index is 471. The molecule has 136 valence electrons. The van der Waals surface area contributed by atoms with Crippen molar-refractivity contribution in [3.63, 3.8) is 0 Å². The molecule has 0 spiro atoms. The molecule has 5 nitrogen and oxygen atoms in total. The number of nitrogens with zero attached hydrogens (tertiary/aromatic N) is 2. The third-order valence-corrected chi connectivity index (χ3v) is 3.83. The van der Waals surface area contributed by atoms with E-state index in [0.717, 1.165) is 50.7 Å². The van der Waals surface area contributed by atoms with E-state index in [1.54, 1.807) is 0 Å². The molecule has 24 heavy (non-hydrogen) atoms. The number of guanidine groups is 1. The molecule has 1 heterocycles. The fraction of sp³-hybridized carbons (Fsp3) is 0.684. The highest BCUT2D eigenvalue weighted by Gasteiger charge is 2.12. The molecule has 0 radical (unpaired) electrons. The molecular weight excluding hydrogens is 300 g/mol. The van der Waals surface area contributed by atoms with Gasteiger partial charge in [-0.25, -0.2) is 0 Å². The first-order valence-electron chi connectivity index (χ1n) is 9.12. The highest BCUT2D eigenvalue weighted by atomic mass is 16.5. The van der Waals surface area contributed by atoms with E-state index in [0.29, 0.717) is 5.92 Å². The zero-order valence-electron chi connectivity index (χ0n) is 15.9. The van der Waals surface area contributed by atoms with Crippen LogP contribution in [-0.4, -0.2) is 43.3 Å². The standard InChI is InChI=1S/C19H34N4O/c1-6-20-19(22-13-11-18(15(3)4)24-7-2)21-12-10-17-9-8-16(5)23-14-17/h8-9,14-15,18H,6-7,10-13H2,1-5H3,(H2,20,21,22). The largest absolute Gasteiger partial charge is 0.378 e. The van der Waals surface area contributed by atoms with Gasteiger partial charge >= 0.3 is 0 Å². The van der Waals surface area contributed by atoms with Crippen LogP contribution in [0.2, 0.25) is 0 Å². The lowest BCUT2D eigenvalue weighted by Gasteiger charge is -2.20. The molecule has 1 aromatic heterocycles. The molecule has 1 atom stereocenters. The first kappa shape index (κ1) is 20.4. The van der Waals surface area contributed by atoms with E-state index in [9.17, 15) is 0 Å². The molecule has 0 saturated heterocycles. The summed E-state index contributed by atoms with van der Waals surface area (Å²) in [7, 11) is 0. The molecule has 0 saturated carbocycles. The molecule has 0 aliphatic heterocycles. The van der Waals surface area contributed by atoms with Crippen molar-refractivity contribution in [1.82, 2.24) is 15.6 Å². The Morgan fingerprint density at radius 3 is 2.62 bits per heavy atom. The molecule has 0 aliphatic carbocycles. The van der Waals surface area contributed by atoms with Gasteiger partial charge in [0.25, 0.3) is 0 Å². The summed E-state index contributed by atoms with van der Waals surface area (Å²) in [5.74, 6) is 1.39. The molecule has 0 aliphatic rings. The van der Waals surface area contributed by atoms with Crippen LogP contribution in [0, 0.1) is 12.8 Å². The Labute approximate surface area is 147 Å². The van der Waals surface area contributed by atoms with Crippen molar-refractivity contribution >= 4 is 5.96 Å². The molecule has 1 rings (SSSR count). The van der Waals surface area contributed by atoms with Gasteiger partial charge in [0, 0.05) is 38.1 Å². The van der Waals surface area contributed by atoms with Crippen molar-refractivity contribution < 1.29 is 4.74 Å². The van der Waals surface area contributed by atoms with E-state index in [1.807, 2.05) is 20.0 Å². The lowest BCUT2D eigenvalue weighted by Crippen LogP contribution is -2.38. The number of aryl methyl sites for hydroxylation is 1. The predicted molar refractivity (Wildman–Crippen MR) is 102 cm³/mol. The van der Waals surface area contributed by atoms with E-state index in [1.165, 1.54) is 5.56 Å². The second kappa shape index (κ2) is 11.8. The maximum absolute atomic E-state index is 5.78. The summed E-state index contributed by atoms with van der Waals surface area (Å²) in [4.78, 5) is 8.99. The number of aromatic nitrogens is 1. The molecule has 2 N–H and O–H groups in total. The van der Waals surface area contributed by atoms with Gasteiger partial charge in [-0.05, 0) is 51.2 Å². The number of aliphatic imine (C=N–C) groups is 1. The van der Waals surface area contributed by atoms with Crippen LogP contribution in [0.5, 0.6) is 0 Å². The van der Waals surface area contributed by atoms with Gasteiger partial charge in [0.2, 0.25) is 0 Å². The highest BCUT2D eigenvalue weighted by molar-refractivity contribution is 5.79. The van der Waals surface area contributed by atoms with Crippen LogP contribution in [-0.2, 0) is 11.2 Å². The molecule has 1 unspecified atom stereocenters. The van der Waals surface area contributed by atoms with Crippen molar-refractivity contribution in [3.8, 4) is 0 Å². The van der Waals surface area contributed by atoms with Gasteiger partial charge in [0.1, 0.15) is 0 Å². The first-order valence-corrected chi connectivity index (χ1v) is 9.12. The second-order valence-electron chi connectivity index (χ2n) is 6.27. The van der Waals surface area contributed by atoms with Crippen molar-refractivity contribution in [2.45, 2.75) is 53.6 Å². The average molecular weight is 335 g/mol. The number of pyridine rings is 1. The minimum absolute atomic E-state index is 0.278. The zero-order valence-corrected chi connectivity index (χ0v) is 15.9.